The molecule has 0 aliphatic carbocycles. The van der Waals surface area contributed by atoms with Crippen molar-refractivity contribution in [1.82, 2.24) is 0 Å². The van der Waals surface area contributed by atoms with Crippen LogP contribution in [-0.4, -0.2) is 35.1 Å². The normalized spacial score (nSPS) is 11.3. The van der Waals surface area contributed by atoms with Gasteiger partial charge in [0.15, 0.2) is 0 Å². The Morgan fingerprint density at radius 3 is 1.85 bits per heavy atom. The van der Waals surface area contributed by atoms with Gasteiger partial charge in [0.1, 0.15) is 34.2 Å². The van der Waals surface area contributed by atoms with Gasteiger partial charge in [0.25, 0.3) is 0 Å². The maximum absolute atomic E-state index is 13.0. The van der Waals surface area contributed by atoms with Crippen LogP contribution in [0.3, 0.4) is 0 Å². The number of ether oxygens (including phenoxy) is 5. The van der Waals surface area contributed by atoms with Crippen LogP contribution in [0.1, 0.15) is 60.4 Å². The van der Waals surface area contributed by atoms with E-state index in [0.717, 1.165) is 22.9 Å². The fourth-order valence-electron chi connectivity index (χ4n) is 5.09. The summed E-state index contributed by atoms with van der Waals surface area (Å²) in [5, 5.41) is 1.68. The molecular formula is C38H36O9. The van der Waals surface area contributed by atoms with E-state index in [-0.39, 0.29) is 17.1 Å². The highest BCUT2D eigenvalue weighted by atomic mass is 16.6. The number of aryl methyl sites for hydroxylation is 1. The first-order valence-electron chi connectivity index (χ1n) is 14.7. The Bertz CT molecular complexity index is 1850. The van der Waals surface area contributed by atoms with E-state index in [4.69, 9.17) is 23.7 Å². The van der Waals surface area contributed by atoms with Crippen LogP contribution in [0.25, 0.3) is 10.8 Å². The summed E-state index contributed by atoms with van der Waals surface area (Å²) in [6.45, 7) is 16.0. The molecule has 0 bridgehead atoms. The molecule has 4 rings (SSSR count). The minimum Gasteiger partial charge on any atom is -0.488 e. The molecule has 9 heteroatoms. The van der Waals surface area contributed by atoms with E-state index in [1.807, 2.05) is 52.0 Å². The molecule has 0 radical (unpaired) electrons. The maximum Gasteiger partial charge on any atom is 0.343 e. The van der Waals surface area contributed by atoms with Crippen LogP contribution in [-0.2, 0) is 14.3 Å². The van der Waals surface area contributed by atoms with Crippen LogP contribution in [0.4, 0.5) is 0 Å². The first-order chi connectivity index (χ1) is 22.2. The van der Waals surface area contributed by atoms with Crippen molar-refractivity contribution in [3.05, 3.63) is 121 Å². The largest absolute Gasteiger partial charge is 0.488 e. The lowest BCUT2D eigenvalue weighted by Crippen LogP contribution is -2.40. The van der Waals surface area contributed by atoms with E-state index >= 15 is 0 Å². The quantitative estimate of drug-likeness (QED) is 0.0875. The number of rotatable bonds is 12. The van der Waals surface area contributed by atoms with Crippen molar-refractivity contribution in [2.45, 2.75) is 52.2 Å². The van der Waals surface area contributed by atoms with E-state index in [1.54, 1.807) is 31.2 Å². The third kappa shape index (κ3) is 9.40. The highest BCUT2D eigenvalue weighted by Crippen LogP contribution is 2.31. The van der Waals surface area contributed by atoms with Crippen molar-refractivity contribution in [1.29, 1.82) is 0 Å². The lowest BCUT2D eigenvalue weighted by atomic mass is 9.92. The Morgan fingerprint density at radius 1 is 0.617 bits per heavy atom. The van der Waals surface area contributed by atoms with E-state index in [0.29, 0.717) is 29.0 Å². The fourth-order valence-corrected chi connectivity index (χ4v) is 5.09. The van der Waals surface area contributed by atoms with Gasteiger partial charge in [0.2, 0.25) is 0 Å². The molecule has 0 aromatic heterocycles. The number of carbonyl (C=O) groups excluding carboxylic acids is 4. The molecule has 242 valence electrons. The molecule has 4 aromatic rings. The van der Waals surface area contributed by atoms with Gasteiger partial charge in [-0.15, -0.1) is 0 Å². The van der Waals surface area contributed by atoms with E-state index in [9.17, 15) is 19.2 Å². The average molecular weight is 637 g/mol. The predicted octanol–water partition coefficient (Wildman–Crippen LogP) is 7.73. The van der Waals surface area contributed by atoms with Crippen molar-refractivity contribution >= 4 is 34.6 Å². The van der Waals surface area contributed by atoms with Crippen LogP contribution in [0, 0.1) is 6.92 Å². The van der Waals surface area contributed by atoms with Crippen LogP contribution in [0.5, 0.6) is 23.0 Å². The summed E-state index contributed by atoms with van der Waals surface area (Å²) >= 11 is 0. The molecule has 0 fully saturated rings. The zero-order chi connectivity index (χ0) is 34.4. The van der Waals surface area contributed by atoms with Gasteiger partial charge in [-0.1, -0.05) is 25.3 Å². The fraction of sp³-hybridized carbons (Fsp3) is 0.211. The van der Waals surface area contributed by atoms with Crippen molar-refractivity contribution in [3.63, 3.8) is 0 Å². The minimum absolute atomic E-state index is 0.257. The van der Waals surface area contributed by atoms with Crippen LogP contribution in [0.15, 0.2) is 104 Å². The molecule has 0 spiro atoms. The van der Waals surface area contributed by atoms with Gasteiger partial charge in [-0.05, 0) is 118 Å². The topological polar surface area (TPSA) is 114 Å². The second-order valence-corrected chi connectivity index (χ2v) is 12.0. The Morgan fingerprint density at radius 2 is 1.19 bits per heavy atom. The van der Waals surface area contributed by atoms with Crippen LogP contribution < -0.4 is 18.9 Å². The predicted molar refractivity (Wildman–Crippen MR) is 177 cm³/mol. The molecule has 0 unspecified atom stereocenters. The number of benzene rings is 4. The summed E-state index contributed by atoms with van der Waals surface area (Å²) in [7, 11) is 0. The number of hydrogen-bond donors (Lipinski definition) is 0. The Balaban J connectivity index is 1.38. The maximum atomic E-state index is 13.0. The number of hydrogen-bond acceptors (Lipinski definition) is 9. The molecule has 0 heterocycles. The first kappa shape index (κ1) is 34.2. The highest BCUT2D eigenvalue weighted by Gasteiger charge is 2.33. The summed E-state index contributed by atoms with van der Waals surface area (Å²) < 4.78 is 27.8. The van der Waals surface area contributed by atoms with Crippen LogP contribution >= 0.6 is 0 Å². The monoisotopic (exact) mass is 636 g/mol. The van der Waals surface area contributed by atoms with Gasteiger partial charge in [-0.2, -0.15) is 0 Å². The molecule has 47 heavy (non-hydrogen) atoms. The van der Waals surface area contributed by atoms with E-state index < -0.39 is 35.1 Å². The summed E-state index contributed by atoms with van der Waals surface area (Å²) in [5.41, 5.74) is -0.219. The van der Waals surface area contributed by atoms with Gasteiger partial charge in [-0.3, -0.25) is 0 Å². The van der Waals surface area contributed by atoms with Gasteiger partial charge >= 0.3 is 23.9 Å². The Kier molecular flexibility index (Phi) is 10.3. The zero-order valence-corrected chi connectivity index (χ0v) is 27.0. The summed E-state index contributed by atoms with van der Waals surface area (Å²) in [4.78, 5) is 48.7. The minimum atomic E-state index is -0.761. The van der Waals surface area contributed by atoms with Crippen molar-refractivity contribution in [2.75, 3.05) is 0 Å². The van der Waals surface area contributed by atoms with Crippen molar-refractivity contribution in [2.24, 2.45) is 0 Å². The van der Waals surface area contributed by atoms with E-state index in [2.05, 4.69) is 13.2 Å². The average Bonchev–Trinajstić information content (AvgIpc) is 3.01. The third-order valence-electron chi connectivity index (χ3n) is 6.87. The first-order valence-corrected chi connectivity index (χ1v) is 14.7. The van der Waals surface area contributed by atoms with Crippen LogP contribution in [0.2, 0.25) is 0 Å². The SMILES string of the molecule is C=CC(=O)Oc1ccc(C(=O)Oc2ccc(OC(=O)c3ccc4cc(OC(C)(C)CC(C)(C)OC(=O)C=C)ccc4c3)cc2C)cc1. The third-order valence-corrected chi connectivity index (χ3v) is 6.87. The lowest BCUT2D eigenvalue weighted by Gasteiger charge is -2.34. The lowest BCUT2D eigenvalue weighted by molar-refractivity contribution is -0.154. The van der Waals surface area contributed by atoms with Gasteiger partial charge in [0, 0.05) is 18.6 Å². The molecule has 9 nitrogen and oxygen atoms in total. The number of fused-ring (bicyclic) bond motifs is 1. The van der Waals surface area contributed by atoms with Crippen molar-refractivity contribution < 1.29 is 42.9 Å². The highest BCUT2D eigenvalue weighted by molar-refractivity contribution is 5.97. The molecule has 0 amide bonds. The standard InChI is InChI=1S/C38H36O9/c1-8-33(39)43-29-15-12-25(13-16-29)35(41)45-32-19-18-30(20-24(32)3)44-36(42)28-11-10-27-22-31(17-14-26(27)21-28)46-37(4,5)23-38(6,7)47-34(40)9-2/h8-22H,1-2,23H2,3-7H3. The molecule has 0 saturated heterocycles. The molecule has 4 aromatic carbocycles. The second-order valence-electron chi connectivity index (χ2n) is 12.0. The molecular weight excluding hydrogens is 600 g/mol. The zero-order valence-electron chi connectivity index (χ0n) is 27.0. The molecule has 0 aliphatic rings. The van der Waals surface area contributed by atoms with E-state index in [1.165, 1.54) is 30.3 Å². The molecule has 0 N–H and O–H groups in total. The van der Waals surface area contributed by atoms with Gasteiger partial charge < -0.3 is 23.7 Å². The second kappa shape index (κ2) is 14.2. The summed E-state index contributed by atoms with van der Waals surface area (Å²) in [6, 6.07) is 21.4. The summed E-state index contributed by atoms with van der Waals surface area (Å²) in [5.74, 6) is -0.773. The number of carbonyl (C=O) groups is 4. The molecule has 0 atom stereocenters. The Labute approximate surface area is 273 Å². The molecule has 0 saturated carbocycles. The molecule has 0 aliphatic heterocycles. The Hall–Kier alpha value is -5.70. The smallest absolute Gasteiger partial charge is 0.343 e. The number of esters is 4. The van der Waals surface area contributed by atoms with Gasteiger partial charge in [0.05, 0.1) is 11.1 Å². The van der Waals surface area contributed by atoms with Crippen molar-refractivity contribution in [3.8, 4) is 23.0 Å². The van der Waals surface area contributed by atoms with Gasteiger partial charge in [-0.25, -0.2) is 19.2 Å². The summed E-state index contributed by atoms with van der Waals surface area (Å²) in [6.07, 6.45) is 2.62.